The zero-order chi connectivity index (χ0) is 22.1. The number of carboxylic acid groups (broad SMARTS) is 2. The van der Waals surface area contributed by atoms with Crippen LogP contribution in [0.25, 0.3) is 4.83 Å². The second kappa shape index (κ2) is 8.30. The summed E-state index contributed by atoms with van der Waals surface area (Å²) in [5, 5.41) is 29.2. The lowest BCUT2D eigenvalue weighted by atomic mass is 9.93. The van der Waals surface area contributed by atoms with Gasteiger partial charge in [0.2, 0.25) is 5.13 Å². The molecule has 3 heterocycles. The number of imidazole rings is 1. The van der Waals surface area contributed by atoms with E-state index in [-0.39, 0.29) is 11.7 Å². The molecule has 0 radical (unpaired) electrons. The van der Waals surface area contributed by atoms with Crippen molar-refractivity contribution in [2.45, 2.75) is 44.9 Å². The number of rotatable bonds is 4. The molecular weight excluding hydrogens is 429 g/mol. The quantitative estimate of drug-likeness (QED) is 0.557. The second-order valence-electron chi connectivity index (χ2n) is 6.31. The van der Waals surface area contributed by atoms with Crippen LogP contribution in [-0.4, -0.2) is 52.7 Å². The number of aryl methyl sites for hydroxylation is 1. The molecule has 0 bridgehead atoms. The Morgan fingerprint density at radius 3 is 2.67 bits per heavy atom. The number of nitrogens with zero attached hydrogens (tertiary/aromatic N) is 5. The smallest absolute Gasteiger partial charge is 0.476 e. The number of aromatic carboxylic acids is 1. The number of aliphatic carboxylic acids is 1. The van der Waals surface area contributed by atoms with Crippen molar-refractivity contribution in [2.24, 2.45) is 0 Å². The summed E-state index contributed by atoms with van der Waals surface area (Å²) in [5.74, 6) is -3.79. The lowest BCUT2D eigenvalue weighted by Crippen LogP contribution is -2.21. The van der Waals surface area contributed by atoms with Crippen LogP contribution in [0.2, 0.25) is 0 Å². The Bertz CT molecular complexity index is 1070. The largest absolute Gasteiger partial charge is 0.490 e. The highest BCUT2D eigenvalue weighted by Gasteiger charge is 2.38. The molecule has 0 saturated heterocycles. The second-order valence-corrected chi connectivity index (χ2v) is 7.29. The highest BCUT2D eigenvalue weighted by Crippen LogP contribution is 2.34. The summed E-state index contributed by atoms with van der Waals surface area (Å²) in [7, 11) is 0. The Labute approximate surface area is 171 Å². The monoisotopic (exact) mass is 446 g/mol. The van der Waals surface area contributed by atoms with Crippen molar-refractivity contribution in [3.8, 4) is 0 Å². The van der Waals surface area contributed by atoms with Gasteiger partial charge in [-0.1, -0.05) is 11.3 Å². The number of fused-ring (bicyclic) bond motifs is 2. The summed E-state index contributed by atoms with van der Waals surface area (Å²) < 4.78 is 35.3. The molecule has 0 aromatic carbocycles. The van der Waals surface area contributed by atoms with Gasteiger partial charge in [-0.05, 0) is 26.2 Å². The Morgan fingerprint density at radius 1 is 1.37 bits per heavy atom. The molecule has 0 amide bonds. The molecule has 14 heteroatoms. The number of carboxylic acids is 2. The van der Waals surface area contributed by atoms with Crippen molar-refractivity contribution in [1.82, 2.24) is 24.4 Å². The minimum absolute atomic E-state index is 0.0404. The van der Waals surface area contributed by atoms with Gasteiger partial charge in [-0.2, -0.15) is 18.3 Å². The number of alkyl halides is 3. The molecule has 3 aromatic rings. The van der Waals surface area contributed by atoms with Crippen molar-refractivity contribution < 1.29 is 33.0 Å². The molecule has 3 aromatic heterocycles. The molecule has 0 saturated carbocycles. The van der Waals surface area contributed by atoms with Crippen molar-refractivity contribution in [2.75, 3.05) is 5.32 Å². The standard InChI is InChI=1S/C14H16N6O2S.C2HF3O2/c1-2-19-10-5-3-4-9(8(10)6-16-19)17-14-18-20-7-15-11(13(21)22)12(20)23-14;3-2(4,5)1(6)7/h6-7,9H,2-5H2,1H3,(H,17,18)(H,21,22);(H,6,7). The van der Waals surface area contributed by atoms with Crippen molar-refractivity contribution >= 4 is 33.2 Å². The first-order valence-corrected chi connectivity index (χ1v) is 9.62. The molecule has 0 spiro atoms. The van der Waals surface area contributed by atoms with Gasteiger partial charge in [0.25, 0.3) is 0 Å². The van der Waals surface area contributed by atoms with E-state index in [0.29, 0.717) is 9.96 Å². The maximum atomic E-state index is 11.1. The van der Waals surface area contributed by atoms with Crippen LogP contribution >= 0.6 is 11.3 Å². The van der Waals surface area contributed by atoms with Gasteiger partial charge in [0.1, 0.15) is 6.33 Å². The first-order valence-electron chi connectivity index (χ1n) is 8.80. The first kappa shape index (κ1) is 21.5. The SMILES string of the molecule is CCn1ncc2c1CCCC2Nc1nn2cnc(C(=O)O)c2s1.O=C(O)C(F)(F)F. The maximum Gasteiger partial charge on any atom is 0.490 e. The van der Waals surface area contributed by atoms with Crippen LogP contribution in [0.15, 0.2) is 12.5 Å². The van der Waals surface area contributed by atoms with Crippen LogP contribution < -0.4 is 5.32 Å². The fourth-order valence-corrected chi connectivity index (χ4v) is 4.03. The third-order valence-corrected chi connectivity index (χ3v) is 5.37. The molecule has 0 fully saturated rings. The van der Waals surface area contributed by atoms with Gasteiger partial charge in [0, 0.05) is 17.8 Å². The third-order valence-electron chi connectivity index (χ3n) is 4.40. The zero-order valence-electron chi connectivity index (χ0n) is 15.5. The lowest BCUT2D eigenvalue weighted by molar-refractivity contribution is -0.192. The highest BCUT2D eigenvalue weighted by atomic mass is 32.1. The molecule has 10 nitrogen and oxygen atoms in total. The Balaban J connectivity index is 0.000000318. The summed E-state index contributed by atoms with van der Waals surface area (Å²) in [6.45, 7) is 2.96. The molecule has 4 rings (SSSR count). The van der Waals surface area contributed by atoms with E-state index in [0.717, 1.165) is 25.8 Å². The minimum atomic E-state index is -5.08. The fraction of sp³-hybridized carbons (Fsp3) is 0.438. The number of aromatic nitrogens is 5. The number of hydrogen-bond acceptors (Lipinski definition) is 7. The first-order chi connectivity index (χ1) is 14.1. The van der Waals surface area contributed by atoms with E-state index < -0.39 is 18.1 Å². The van der Waals surface area contributed by atoms with Crippen LogP contribution in [0.4, 0.5) is 18.3 Å². The Kier molecular flexibility index (Phi) is 5.96. The van der Waals surface area contributed by atoms with Gasteiger partial charge in [-0.25, -0.2) is 19.1 Å². The molecular formula is C16H17F3N6O4S. The predicted molar refractivity (Wildman–Crippen MR) is 98.7 cm³/mol. The summed E-state index contributed by atoms with van der Waals surface area (Å²) in [4.78, 5) is 24.4. The number of carbonyl (C=O) groups is 2. The van der Waals surface area contributed by atoms with Gasteiger partial charge in [-0.15, -0.1) is 5.10 Å². The Morgan fingerprint density at radius 2 is 2.07 bits per heavy atom. The van der Waals surface area contributed by atoms with Crippen molar-refractivity contribution in [3.63, 3.8) is 0 Å². The number of nitrogens with one attached hydrogen (secondary N) is 1. The number of hydrogen-bond donors (Lipinski definition) is 3. The van der Waals surface area contributed by atoms with E-state index in [9.17, 15) is 18.0 Å². The third kappa shape index (κ3) is 4.37. The van der Waals surface area contributed by atoms with Gasteiger partial charge in [0.15, 0.2) is 10.5 Å². The normalized spacial score (nSPS) is 15.9. The predicted octanol–water partition coefficient (Wildman–Crippen LogP) is 2.83. The van der Waals surface area contributed by atoms with E-state index in [1.807, 2.05) is 10.9 Å². The van der Waals surface area contributed by atoms with E-state index in [2.05, 4.69) is 27.4 Å². The maximum absolute atomic E-state index is 11.1. The van der Waals surface area contributed by atoms with E-state index in [1.54, 1.807) is 0 Å². The van der Waals surface area contributed by atoms with Crippen LogP contribution in [0.3, 0.4) is 0 Å². The number of halogens is 3. The Hall–Kier alpha value is -3.16. The van der Waals surface area contributed by atoms with E-state index in [4.69, 9.17) is 15.0 Å². The molecule has 1 aliphatic carbocycles. The molecule has 162 valence electrons. The summed E-state index contributed by atoms with van der Waals surface area (Å²) >= 11 is 1.31. The highest BCUT2D eigenvalue weighted by molar-refractivity contribution is 7.21. The van der Waals surface area contributed by atoms with Crippen LogP contribution in [0.5, 0.6) is 0 Å². The van der Waals surface area contributed by atoms with Crippen LogP contribution in [-0.2, 0) is 17.8 Å². The number of anilines is 1. The molecule has 30 heavy (non-hydrogen) atoms. The van der Waals surface area contributed by atoms with E-state index in [1.165, 1.54) is 33.4 Å². The molecule has 1 atom stereocenters. The minimum Gasteiger partial charge on any atom is -0.476 e. The summed E-state index contributed by atoms with van der Waals surface area (Å²) in [5.41, 5.74) is 2.54. The summed E-state index contributed by atoms with van der Waals surface area (Å²) in [6, 6.07) is 0.163. The molecule has 1 aliphatic rings. The van der Waals surface area contributed by atoms with Crippen LogP contribution in [0.1, 0.15) is 47.6 Å². The summed E-state index contributed by atoms with van der Waals surface area (Å²) in [6.07, 6.45) is 1.44. The fourth-order valence-electron chi connectivity index (χ4n) is 3.10. The lowest BCUT2D eigenvalue weighted by Gasteiger charge is -2.23. The van der Waals surface area contributed by atoms with Gasteiger partial charge < -0.3 is 15.5 Å². The molecule has 3 N–H and O–H groups in total. The topological polar surface area (TPSA) is 135 Å². The zero-order valence-corrected chi connectivity index (χ0v) is 16.4. The van der Waals surface area contributed by atoms with Crippen molar-refractivity contribution in [3.05, 3.63) is 29.5 Å². The van der Waals surface area contributed by atoms with Gasteiger partial charge in [0.05, 0.1) is 12.2 Å². The van der Waals surface area contributed by atoms with E-state index >= 15 is 0 Å². The van der Waals surface area contributed by atoms with Crippen molar-refractivity contribution in [1.29, 1.82) is 0 Å². The molecule has 0 aliphatic heterocycles. The van der Waals surface area contributed by atoms with Crippen LogP contribution in [0, 0.1) is 0 Å². The average molecular weight is 446 g/mol. The average Bonchev–Trinajstić information content (AvgIpc) is 3.34. The van der Waals surface area contributed by atoms with Gasteiger partial charge in [-0.3, -0.25) is 4.68 Å². The van der Waals surface area contributed by atoms with Gasteiger partial charge >= 0.3 is 18.1 Å². The molecule has 1 unspecified atom stereocenters.